The van der Waals surface area contributed by atoms with Crippen LogP contribution in [0.1, 0.15) is 84.8 Å². The van der Waals surface area contributed by atoms with Crippen LogP contribution >= 0.6 is 8.46 Å². The van der Waals surface area contributed by atoms with E-state index in [1.54, 1.807) is 18.7 Å². The molecule has 340 valence electrons. The molecule has 18 heteroatoms. The second-order valence-corrected chi connectivity index (χ2v) is 18.3. The topological polar surface area (TPSA) is 175 Å². The Bertz CT molecular complexity index is 1730. The molecule has 3 saturated heterocycles. The third-order valence-corrected chi connectivity index (χ3v) is 13.2. The van der Waals surface area contributed by atoms with Crippen molar-refractivity contribution in [2.75, 3.05) is 26.9 Å². The summed E-state index contributed by atoms with van der Waals surface area (Å²) in [7, 11) is 2.12. The number of ether oxygens (including phenoxy) is 9. The van der Waals surface area contributed by atoms with E-state index in [2.05, 4.69) is 0 Å². The maximum absolute atomic E-state index is 13.7. The Balaban J connectivity index is 1.29. The summed E-state index contributed by atoms with van der Waals surface area (Å²) in [4.78, 5) is 41.1. The zero-order valence-corrected chi connectivity index (χ0v) is 38.1. The number of benzene rings is 2. The Morgan fingerprint density at radius 3 is 2.32 bits per heavy atom. The van der Waals surface area contributed by atoms with E-state index in [0.717, 1.165) is 24.6 Å². The number of amides is 1. The molecule has 0 bridgehead atoms. The van der Waals surface area contributed by atoms with E-state index < -0.39 is 84.1 Å². The first kappa shape index (κ1) is 49.7. The first-order valence-corrected chi connectivity index (χ1v) is 23.0. The molecule has 5 rings (SSSR count). The first-order valence-electron chi connectivity index (χ1n) is 21.8. The molecule has 0 saturated carbocycles. The molecule has 3 aliphatic heterocycles. The normalized spacial score (nSPS) is 30.0. The Kier molecular flexibility index (Phi) is 18.9. The van der Waals surface area contributed by atoms with Crippen LogP contribution in [0, 0.1) is 11.8 Å². The van der Waals surface area contributed by atoms with Gasteiger partial charge in [0.05, 0.1) is 13.7 Å². The van der Waals surface area contributed by atoms with Crippen molar-refractivity contribution in [3.05, 3.63) is 71.8 Å². The van der Waals surface area contributed by atoms with E-state index in [4.69, 9.17) is 42.6 Å². The average Bonchev–Trinajstić information content (AvgIpc) is 3.63. The van der Waals surface area contributed by atoms with Gasteiger partial charge in [-0.3, -0.25) is 0 Å². The summed E-state index contributed by atoms with van der Waals surface area (Å²) in [6, 6.07) is 19.3. The molecule has 5 unspecified atom stereocenters. The molecule has 1 amide bonds. The molecule has 0 spiro atoms. The summed E-state index contributed by atoms with van der Waals surface area (Å²) in [5, 5.41) is 11.7. The number of methoxy groups -OCH3 is 1. The first-order chi connectivity index (χ1) is 29.7. The summed E-state index contributed by atoms with van der Waals surface area (Å²) in [6.07, 6.45) is -4.44. The van der Waals surface area contributed by atoms with E-state index in [1.807, 2.05) is 81.4 Å². The predicted octanol–water partition coefficient (Wildman–Crippen LogP) is 5.27. The van der Waals surface area contributed by atoms with E-state index in [1.165, 1.54) is 14.0 Å². The van der Waals surface area contributed by atoms with E-state index in [-0.39, 0.29) is 47.5 Å². The minimum absolute atomic E-state index is 0.0258. The number of aliphatic hydroxyl groups excluding tert-OH is 1. The van der Waals surface area contributed by atoms with Crippen molar-refractivity contribution >= 4 is 40.4 Å². The standard InChI is InChI=1S/C44H64B2NO14P/c1-8-28(2)36-39(62-46-45-52)34(49)38(57-30(4)48)40(59-36)58-35-29(3)24-44(41(50)53-7,61-37(35)33-27-56-43(5,6)60-33)55-23-17-11-16-22-47(25-31-18-12-9-13-19-31)42(51)54-26-32-20-14-10-15-21-32/h9-10,12-15,18-21,28-29,33-40,46,49,62H,8,11,16-17,22-27H2,1-7H3/t28-,29?,33+,34?,35+,36?,37?,38+,39-,40-,44+/m0/s1. The number of hydrogen-bond acceptors (Lipinski definition) is 14. The average molecular weight is 884 g/mol. The van der Waals surface area contributed by atoms with Crippen LogP contribution < -0.4 is 0 Å². The third-order valence-electron chi connectivity index (χ3n) is 11.6. The Labute approximate surface area is 368 Å². The SMILES string of the molecule is CC[C@H](C)C1O[C@H](O[C@@H]2C(C)C[C@](OCCCCCN(Cc3ccccc3)C(=O)OCc3ccccc3)(C(=O)OC)OC2[C@H]2COC(C)(C)O2)[C@H](OC(C)=O)C(O)[C@@H]1PBB=O. The second-order valence-electron chi connectivity index (χ2n) is 16.9. The van der Waals surface area contributed by atoms with Crippen molar-refractivity contribution in [1.29, 1.82) is 0 Å². The summed E-state index contributed by atoms with van der Waals surface area (Å²) in [6.45, 7) is 12.2. The van der Waals surface area contributed by atoms with Gasteiger partial charge in [-0.1, -0.05) is 60.7 Å². The molecule has 2 aromatic carbocycles. The number of hydrogen-bond donors (Lipinski definition) is 1. The fourth-order valence-corrected chi connectivity index (χ4v) is 9.72. The second kappa shape index (κ2) is 23.6. The van der Waals surface area contributed by atoms with E-state index >= 15 is 0 Å². The van der Waals surface area contributed by atoms with Crippen molar-refractivity contribution in [3.8, 4) is 0 Å². The van der Waals surface area contributed by atoms with Crippen molar-refractivity contribution in [2.24, 2.45) is 11.8 Å². The third kappa shape index (κ3) is 13.4. The van der Waals surface area contributed by atoms with Crippen LogP contribution in [0.3, 0.4) is 0 Å². The molecule has 62 heavy (non-hydrogen) atoms. The number of unbranched alkanes of at least 4 members (excludes halogenated alkanes) is 2. The number of rotatable bonds is 21. The molecular formula is C44H64B2NO14P. The zero-order chi connectivity index (χ0) is 44.9. The molecular weight excluding hydrogens is 819 g/mol. The number of nitrogens with zero attached hydrogens (tertiary/aromatic N) is 1. The van der Waals surface area contributed by atoms with Gasteiger partial charge in [0, 0.05) is 13.1 Å². The van der Waals surface area contributed by atoms with Gasteiger partial charge in [0.2, 0.25) is 0 Å². The number of aliphatic hydroxyl groups is 1. The van der Waals surface area contributed by atoms with E-state index in [0.29, 0.717) is 32.4 Å². The molecule has 12 atom stereocenters. The van der Waals surface area contributed by atoms with Gasteiger partial charge in [-0.2, -0.15) is 0 Å². The number of carbonyl (C=O) groups is 3. The van der Waals surface area contributed by atoms with Gasteiger partial charge in [-0.05, 0) is 44.2 Å². The fourth-order valence-electron chi connectivity index (χ4n) is 8.28. The van der Waals surface area contributed by atoms with Gasteiger partial charge < -0.3 is 14.4 Å². The van der Waals surface area contributed by atoms with Crippen molar-refractivity contribution in [1.82, 2.24) is 4.90 Å². The van der Waals surface area contributed by atoms with Crippen LogP contribution in [0.2, 0.25) is 0 Å². The summed E-state index contributed by atoms with van der Waals surface area (Å²) >= 11 is 0. The summed E-state index contributed by atoms with van der Waals surface area (Å²) in [5.41, 5.74) is 1.41. The molecule has 3 fully saturated rings. The monoisotopic (exact) mass is 883 g/mol. The van der Waals surface area contributed by atoms with Crippen molar-refractivity contribution in [3.63, 3.8) is 0 Å². The predicted molar refractivity (Wildman–Crippen MR) is 232 cm³/mol. The maximum atomic E-state index is 13.7. The molecule has 0 aromatic heterocycles. The van der Waals surface area contributed by atoms with Gasteiger partial charge >= 0.3 is 207 Å². The van der Waals surface area contributed by atoms with E-state index in [9.17, 15) is 24.2 Å². The van der Waals surface area contributed by atoms with Gasteiger partial charge in [-0.15, -0.1) is 0 Å². The summed E-state index contributed by atoms with van der Waals surface area (Å²) < 4.78 is 66.8. The molecule has 15 nitrogen and oxygen atoms in total. The molecule has 3 aliphatic rings. The number of carbonyl (C=O) groups excluding carboxylic acids is 3. The van der Waals surface area contributed by atoms with Gasteiger partial charge in [0.1, 0.15) is 6.61 Å². The van der Waals surface area contributed by atoms with Crippen LogP contribution in [0.25, 0.3) is 0 Å². The van der Waals surface area contributed by atoms with Crippen molar-refractivity contribution in [2.45, 2.75) is 147 Å². The van der Waals surface area contributed by atoms with Crippen LogP contribution in [0.5, 0.6) is 0 Å². The Morgan fingerprint density at radius 2 is 1.71 bits per heavy atom. The van der Waals surface area contributed by atoms with Crippen LogP contribution in [-0.2, 0) is 70.1 Å². The molecule has 2 aromatic rings. The molecule has 1 N–H and O–H groups in total. The van der Waals surface area contributed by atoms with Crippen molar-refractivity contribution < 1.29 is 66.8 Å². The molecule has 0 aliphatic carbocycles. The number of esters is 2. The molecule has 0 radical (unpaired) electrons. The molecule has 3 heterocycles. The Morgan fingerprint density at radius 1 is 1.02 bits per heavy atom. The van der Waals surface area contributed by atoms with Crippen LogP contribution in [0.4, 0.5) is 4.79 Å². The van der Waals surface area contributed by atoms with Crippen LogP contribution in [-0.4, -0.2) is 129 Å². The fraction of sp³-hybridized carbons (Fsp3) is 0.659. The zero-order valence-electron chi connectivity index (χ0n) is 37.1. The summed E-state index contributed by atoms with van der Waals surface area (Å²) in [5.74, 6) is -4.64. The van der Waals surface area contributed by atoms with Crippen LogP contribution in [0.15, 0.2) is 60.7 Å². The van der Waals surface area contributed by atoms with Gasteiger partial charge in [0.15, 0.2) is 0 Å². The Hall–Kier alpha value is -3.27. The van der Waals surface area contributed by atoms with Gasteiger partial charge in [0.25, 0.3) is 0 Å². The minimum atomic E-state index is -1.84. The quantitative estimate of drug-likeness (QED) is 0.0565. The van der Waals surface area contributed by atoms with Gasteiger partial charge in [-0.25, -0.2) is 9.59 Å².